The maximum absolute atomic E-state index is 5.59. The lowest BCUT2D eigenvalue weighted by atomic mass is 10.0. The average Bonchev–Trinajstić information content (AvgIpc) is 2.23. The zero-order valence-corrected chi connectivity index (χ0v) is 8.06. The molecule has 1 heterocycles. The lowest BCUT2D eigenvalue weighted by molar-refractivity contribution is 0.432. The summed E-state index contributed by atoms with van der Waals surface area (Å²) < 4.78 is 0. The molecular formula is C12H14N2. The van der Waals surface area contributed by atoms with Crippen LogP contribution in [0.2, 0.25) is 0 Å². The number of hydrogen-bond acceptors (Lipinski definition) is 2. The minimum Gasteiger partial charge on any atom is -0.314 e. The van der Waals surface area contributed by atoms with Crippen molar-refractivity contribution in [3.63, 3.8) is 0 Å². The molecule has 1 aromatic carbocycles. The molecule has 72 valence electrons. The van der Waals surface area contributed by atoms with Gasteiger partial charge in [0.1, 0.15) is 0 Å². The highest BCUT2D eigenvalue weighted by Crippen LogP contribution is 2.11. The first-order valence-electron chi connectivity index (χ1n) is 4.77. The Morgan fingerprint density at radius 1 is 1.21 bits per heavy atom. The van der Waals surface area contributed by atoms with E-state index in [-0.39, 0.29) is 0 Å². The Bertz CT molecular complexity index is 352. The molecular weight excluding hydrogens is 172 g/mol. The monoisotopic (exact) mass is 186 g/mol. The van der Waals surface area contributed by atoms with Crippen LogP contribution >= 0.6 is 0 Å². The fourth-order valence-electron chi connectivity index (χ4n) is 1.51. The van der Waals surface area contributed by atoms with Crippen LogP contribution < -0.4 is 5.84 Å². The van der Waals surface area contributed by atoms with Crippen molar-refractivity contribution in [2.45, 2.75) is 6.42 Å². The molecule has 0 bridgehead atoms. The molecule has 0 radical (unpaired) electrons. The summed E-state index contributed by atoms with van der Waals surface area (Å²) in [6.45, 7) is 0.804. The summed E-state index contributed by atoms with van der Waals surface area (Å²) in [6, 6.07) is 10.5. The van der Waals surface area contributed by atoms with Crippen LogP contribution in [-0.4, -0.2) is 11.6 Å². The van der Waals surface area contributed by atoms with Gasteiger partial charge in [-0.25, -0.2) is 5.84 Å². The van der Waals surface area contributed by atoms with E-state index in [1.807, 2.05) is 12.3 Å². The van der Waals surface area contributed by atoms with Gasteiger partial charge in [-0.3, -0.25) is 0 Å². The highest BCUT2D eigenvalue weighted by Gasteiger charge is 2.01. The number of hydrazine groups is 1. The van der Waals surface area contributed by atoms with Gasteiger partial charge in [-0.15, -0.1) is 0 Å². The second-order valence-electron chi connectivity index (χ2n) is 3.45. The zero-order valence-electron chi connectivity index (χ0n) is 8.06. The quantitative estimate of drug-likeness (QED) is 0.714. The fraction of sp³-hybridized carbons (Fsp3) is 0.167. The van der Waals surface area contributed by atoms with E-state index in [2.05, 4.69) is 36.4 Å². The van der Waals surface area contributed by atoms with Crippen LogP contribution in [0, 0.1) is 0 Å². The van der Waals surface area contributed by atoms with Gasteiger partial charge in [-0.05, 0) is 23.6 Å². The van der Waals surface area contributed by atoms with Gasteiger partial charge >= 0.3 is 0 Å². The fourth-order valence-corrected chi connectivity index (χ4v) is 1.51. The first-order chi connectivity index (χ1) is 6.84. The van der Waals surface area contributed by atoms with E-state index < -0.39 is 0 Å². The van der Waals surface area contributed by atoms with Gasteiger partial charge in [0.05, 0.1) is 6.54 Å². The maximum Gasteiger partial charge on any atom is 0.0521 e. The number of benzene rings is 1. The predicted octanol–water partition coefficient (Wildman–Crippen LogP) is 1.86. The van der Waals surface area contributed by atoms with Crippen LogP contribution in [0.4, 0.5) is 0 Å². The van der Waals surface area contributed by atoms with Gasteiger partial charge in [-0.2, -0.15) is 0 Å². The number of hydrogen-bond donors (Lipinski definition) is 1. The maximum atomic E-state index is 5.59. The zero-order chi connectivity index (χ0) is 9.80. The molecule has 0 unspecified atom stereocenters. The minimum atomic E-state index is 0.804. The Kier molecular flexibility index (Phi) is 2.65. The van der Waals surface area contributed by atoms with Crippen molar-refractivity contribution in [1.82, 2.24) is 5.01 Å². The van der Waals surface area contributed by atoms with E-state index in [0.717, 1.165) is 13.0 Å². The first kappa shape index (κ1) is 9.03. The van der Waals surface area contributed by atoms with Gasteiger partial charge in [-0.1, -0.05) is 36.4 Å². The van der Waals surface area contributed by atoms with Crippen molar-refractivity contribution in [1.29, 1.82) is 0 Å². The molecule has 0 saturated heterocycles. The van der Waals surface area contributed by atoms with Crippen LogP contribution in [0.1, 0.15) is 5.56 Å². The van der Waals surface area contributed by atoms with Crippen molar-refractivity contribution in [3.05, 3.63) is 59.8 Å². The predicted molar refractivity (Wildman–Crippen MR) is 58.3 cm³/mol. The van der Waals surface area contributed by atoms with Crippen molar-refractivity contribution >= 4 is 0 Å². The summed E-state index contributed by atoms with van der Waals surface area (Å²) >= 11 is 0. The molecule has 0 atom stereocenters. The number of nitrogens with zero attached hydrogens (tertiary/aromatic N) is 1. The van der Waals surface area contributed by atoms with Gasteiger partial charge in [0.25, 0.3) is 0 Å². The van der Waals surface area contributed by atoms with E-state index >= 15 is 0 Å². The molecule has 0 spiro atoms. The van der Waals surface area contributed by atoms with Crippen LogP contribution in [-0.2, 0) is 6.42 Å². The summed E-state index contributed by atoms with van der Waals surface area (Å²) in [6.07, 6.45) is 7.13. The molecule has 1 aromatic rings. The van der Waals surface area contributed by atoms with Crippen LogP contribution in [0.25, 0.3) is 0 Å². The summed E-state index contributed by atoms with van der Waals surface area (Å²) in [5, 5.41) is 1.68. The second-order valence-corrected chi connectivity index (χ2v) is 3.45. The molecule has 2 N–H and O–H groups in total. The van der Waals surface area contributed by atoms with E-state index in [0.29, 0.717) is 0 Å². The topological polar surface area (TPSA) is 29.3 Å². The van der Waals surface area contributed by atoms with Crippen LogP contribution in [0.3, 0.4) is 0 Å². The van der Waals surface area contributed by atoms with Gasteiger partial charge < -0.3 is 5.01 Å². The largest absolute Gasteiger partial charge is 0.314 e. The van der Waals surface area contributed by atoms with E-state index in [4.69, 9.17) is 5.84 Å². The normalized spacial score (nSPS) is 15.5. The highest BCUT2D eigenvalue weighted by molar-refractivity contribution is 5.30. The Morgan fingerprint density at radius 2 is 2.00 bits per heavy atom. The molecule has 2 nitrogen and oxygen atoms in total. The van der Waals surface area contributed by atoms with E-state index in [1.54, 1.807) is 5.01 Å². The standard InChI is InChI=1S/C12H14N2/c13-14-8-6-12(7-9-14)10-11-4-2-1-3-5-11/h1-8H,9-10,13H2. The summed E-state index contributed by atoms with van der Waals surface area (Å²) in [5.74, 6) is 5.59. The lowest BCUT2D eigenvalue weighted by Gasteiger charge is -2.16. The Balaban J connectivity index is 2.03. The number of nitrogens with two attached hydrogens (primary N) is 1. The molecule has 2 rings (SSSR count). The number of rotatable bonds is 2. The molecule has 0 aromatic heterocycles. The lowest BCUT2D eigenvalue weighted by Crippen LogP contribution is -2.26. The third kappa shape index (κ3) is 2.24. The molecule has 1 aliphatic heterocycles. The van der Waals surface area contributed by atoms with Gasteiger partial charge in [0.15, 0.2) is 0 Å². The summed E-state index contributed by atoms with van der Waals surface area (Å²) in [5.41, 5.74) is 2.67. The number of allylic oxidation sites excluding steroid dienone is 2. The van der Waals surface area contributed by atoms with Crippen molar-refractivity contribution in [2.24, 2.45) is 5.84 Å². The van der Waals surface area contributed by atoms with Crippen LogP contribution in [0.5, 0.6) is 0 Å². The van der Waals surface area contributed by atoms with Crippen molar-refractivity contribution in [2.75, 3.05) is 6.54 Å². The van der Waals surface area contributed by atoms with Crippen LogP contribution in [0.15, 0.2) is 54.3 Å². The smallest absolute Gasteiger partial charge is 0.0521 e. The molecule has 14 heavy (non-hydrogen) atoms. The Labute approximate surface area is 84.3 Å². The SMILES string of the molecule is NN1C=CC(Cc2ccccc2)=CC1. The van der Waals surface area contributed by atoms with Crippen molar-refractivity contribution in [3.8, 4) is 0 Å². The van der Waals surface area contributed by atoms with Gasteiger partial charge in [0.2, 0.25) is 0 Å². The second kappa shape index (κ2) is 4.11. The summed E-state index contributed by atoms with van der Waals surface area (Å²) in [7, 11) is 0. The Morgan fingerprint density at radius 3 is 2.64 bits per heavy atom. The minimum absolute atomic E-state index is 0.804. The molecule has 0 aliphatic carbocycles. The first-order valence-corrected chi connectivity index (χ1v) is 4.77. The highest BCUT2D eigenvalue weighted by atomic mass is 15.4. The van der Waals surface area contributed by atoms with E-state index in [1.165, 1.54) is 11.1 Å². The molecule has 0 amide bonds. The average molecular weight is 186 g/mol. The van der Waals surface area contributed by atoms with Crippen molar-refractivity contribution < 1.29 is 0 Å². The van der Waals surface area contributed by atoms with Gasteiger partial charge in [0, 0.05) is 6.20 Å². The molecule has 2 heteroatoms. The molecule has 0 fully saturated rings. The third-order valence-electron chi connectivity index (χ3n) is 2.30. The van der Waals surface area contributed by atoms with E-state index in [9.17, 15) is 0 Å². The third-order valence-corrected chi connectivity index (χ3v) is 2.30. The Hall–Kier alpha value is -1.54. The summed E-state index contributed by atoms with van der Waals surface area (Å²) in [4.78, 5) is 0. The molecule has 0 saturated carbocycles. The molecule has 1 aliphatic rings.